The highest BCUT2D eigenvalue weighted by molar-refractivity contribution is 5.96. The molecule has 4 rings (SSSR count). The van der Waals surface area contributed by atoms with Crippen molar-refractivity contribution in [2.24, 2.45) is 0 Å². The van der Waals surface area contributed by atoms with Crippen LogP contribution in [0.15, 0.2) is 83.8 Å². The van der Waals surface area contributed by atoms with E-state index < -0.39 is 11.2 Å². The number of hydrogen-bond acceptors (Lipinski definition) is 5. The number of amides is 1. The number of carbonyl (C=O) groups is 1. The molecule has 0 fully saturated rings. The Morgan fingerprint density at radius 1 is 1.00 bits per heavy atom. The van der Waals surface area contributed by atoms with Crippen molar-refractivity contribution in [1.29, 1.82) is 0 Å². The number of nitrogens with one attached hydrogen (secondary N) is 1. The number of fused-ring (bicyclic) bond motifs is 1. The molecule has 0 radical (unpaired) electrons. The zero-order valence-electron chi connectivity index (χ0n) is 18.3. The monoisotopic (exact) mass is 445 g/mol. The first-order valence-corrected chi connectivity index (χ1v) is 11.0. The fourth-order valence-corrected chi connectivity index (χ4v) is 3.76. The van der Waals surface area contributed by atoms with Gasteiger partial charge in [-0.15, -0.1) is 0 Å². The van der Waals surface area contributed by atoms with Gasteiger partial charge in [0.15, 0.2) is 11.4 Å². The number of carbonyl (C=O) groups excluding carboxylic acids is 1. The Balaban J connectivity index is 1.23. The molecule has 1 aliphatic heterocycles. The number of unbranched alkanes of at least 4 members (excludes halogenated alkanes) is 1. The molecule has 7 heteroatoms. The summed E-state index contributed by atoms with van der Waals surface area (Å²) in [6.45, 7) is 1.30. The second-order valence-electron chi connectivity index (χ2n) is 7.83. The lowest BCUT2D eigenvalue weighted by Gasteiger charge is -2.31. The van der Waals surface area contributed by atoms with Crippen molar-refractivity contribution in [3.05, 3.63) is 106 Å². The van der Waals surface area contributed by atoms with Crippen LogP contribution in [0.25, 0.3) is 0 Å². The quantitative estimate of drug-likeness (QED) is 0.389. The molecule has 0 atom stereocenters. The molecule has 2 aromatic carbocycles. The van der Waals surface area contributed by atoms with Gasteiger partial charge in [0.2, 0.25) is 5.43 Å². The zero-order valence-corrected chi connectivity index (χ0v) is 18.3. The summed E-state index contributed by atoms with van der Waals surface area (Å²) < 4.78 is 7.36. The third kappa shape index (κ3) is 5.44. The van der Waals surface area contributed by atoms with Crippen molar-refractivity contribution in [2.45, 2.75) is 19.3 Å². The molecule has 0 saturated heterocycles. The summed E-state index contributed by atoms with van der Waals surface area (Å²) in [5.41, 5.74) is 4.80. The molecule has 0 saturated carbocycles. The second-order valence-corrected chi connectivity index (χ2v) is 7.83. The number of benzene rings is 2. The normalized spacial score (nSPS) is 13.1. The van der Waals surface area contributed by atoms with Crippen molar-refractivity contribution >= 4 is 5.91 Å². The van der Waals surface area contributed by atoms with E-state index in [1.165, 1.54) is 22.5 Å². The number of pyridine rings is 1. The van der Waals surface area contributed by atoms with Gasteiger partial charge in [-0.2, -0.15) is 0 Å². The van der Waals surface area contributed by atoms with Crippen LogP contribution in [0.4, 0.5) is 0 Å². The van der Waals surface area contributed by atoms with Crippen molar-refractivity contribution in [3.63, 3.8) is 0 Å². The summed E-state index contributed by atoms with van der Waals surface area (Å²) in [4.78, 5) is 25.8. The van der Waals surface area contributed by atoms with E-state index in [9.17, 15) is 14.7 Å². The maximum atomic E-state index is 12.6. The van der Waals surface area contributed by atoms with Gasteiger partial charge in [0.1, 0.15) is 19.0 Å². The molecule has 2 heterocycles. The molecule has 0 unspecified atom stereocenters. The first kappa shape index (κ1) is 22.2. The van der Waals surface area contributed by atoms with Crippen LogP contribution in [0.2, 0.25) is 0 Å². The summed E-state index contributed by atoms with van der Waals surface area (Å²) in [6.07, 6.45) is 7.84. The van der Waals surface area contributed by atoms with Gasteiger partial charge in [-0.25, -0.2) is 0 Å². The summed E-state index contributed by atoms with van der Waals surface area (Å²) in [7, 11) is 0. The van der Waals surface area contributed by atoms with Crippen molar-refractivity contribution < 1.29 is 14.6 Å². The Morgan fingerprint density at radius 2 is 1.79 bits per heavy atom. The van der Waals surface area contributed by atoms with Gasteiger partial charge in [0, 0.05) is 25.2 Å². The van der Waals surface area contributed by atoms with Gasteiger partial charge in [-0.1, -0.05) is 60.7 Å². The summed E-state index contributed by atoms with van der Waals surface area (Å²) in [5, 5.41) is 9.95. The first-order chi connectivity index (χ1) is 16.1. The standard InChI is InChI=1S/C26H27N3O4/c30-22-14-16-29-24(25(22)31)26(32)28(19-27-29)15-8-1-2-9-17-33-23-13-7-6-12-21(23)18-20-10-4-3-5-11-20/h2-7,9-14,16,27,31H,1,8,15,17-19H2/b9-2+. The Kier molecular flexibility index (Phi) is 7.09. The first-order valence-electron chi connectivity index (χ1n) is 11.0. The van der Waals surface area contributed by atoms with Gasteiger partial charge < -0.3 is 20.2 Å². The molecule has 1 aliphatic rings. The summed E-state index contributed by atoms with van der Waals surface area (Å²) >= 11 is 0. The van der Waals surface area contributed by atoms with Gasteiger partial charge in [-0.05, 0) is 30.0 Å². The highest BCUT2D eigenvalue weighted by atomic mass is 16.5. The molecule has 1 aromatic heterocycles. The molecular weight excluding hydrogens is 418 g/mol. The van der Waals surface area contributed by atoms with Crippen LogP contribution < -0.4 is 15.6 Å². The average Bonchev–Trinajstić information content (AvgIpc) is 2.83. The van der Waals surface area contributed by atoms with Crippen LogP contribution in [0.3, 0.4) is 0 Å². The molecule has 3 aromatic rings. The Labute approximate surface area is 192 Å². The average molecular weight is 446 g/mol. The van der Waals surface area contributed by atoms with E-state index in [4.69, 9.17) is 4.74 Å². The SMILES string of the molecule is O=C1c2c(O)c(=O)ccn2NCN1CCC/C=C/COc1ccccc1Cc1ccccc1. The maximum absolute atomic E-state index is 12.6. The highest BCUT2D eigenvalue weighted by Gasteiger charge is 2.27. The number of aromatic nitrogens is 1. The minimum absolute atomic E-state index is 0.0214. The van der Waals surface area contributed by atoms with Gasteiger partial charge in [0.25, 0.3) is 5.91 Å². The maximum Gasteiger partial charge on any atom is 0.277 e. The van der Waals surface area contributed by atoms with Gasteiger partial charge >= 0.3 is 0 Å². The van der Waals surface area contributed by atoms with Gasteiger partial charge in [0.05, 0.1) is 0 Å². The van der Waals surface area contributed by atoms with E-state index in [0.717, 1.165) is 30.6 Å². The van der Waals surface area contributed by atoms with Crippen LogP contribution in [0.5, 0.6) is 11.5 Å². The highest BCUT2D eigenvalue weighted by Crippen LogP contribution is 2.21. The molecule has 7 nitrogen and oxygen atoms in total. The fourth-order valence-electron chi connectivity index (χ4n) is 3.76. The number of aromatic hydroxyl groups is 1. The lowest BCUT2D eigenvalue weighted by atomic mass is 10.0. The molecule has 2 N–H and O–H groups in total. The van der Waals surface area contributed by atoms with Crippen LogP contribution in [0.1, 0.15) is 34.5 Å². The predicted octanol–water partition coefficient (Wildman–Crippen LogP) is 3.52. The molecular formula is C26H27N3O4. The van der Waals surface area contributed by atoms with E-state index in [1.807, 2.05) is 48.6 Å². The lowest BCUT2D eigenvalue weighted by Crippen LogP contribution is -2.46. The molecule has 0 spiro atoms. The minimum atomic E-state index is -0.563. The van der Waals surface area contributed by atoms with E-state index in [-0.39, 0.29) is 11.6 Å². The van der Waals surface area contributed by atoms with Crippen molar-refractivity contribution in [2.75, 3.05) is 25.2 Å². The molecule has 1 amide bonds. The lowest BCUT2D eigenvalue weighted by molar-refractivity contribution is 0.0721. The predicted molar refractivity (Wildman–Crippen MR) is 127 cm³/mol. The minimum Gasteiger partial charge on any atom is -0.502 e. The number of rotatable bonds is 9. The number of hydrogen-bond donors (Lipinski definition) is 2. The van der Waals surface area contributed by atoms with Crippen LogP contribution in [-0.4, -0.2) is 40.4 Å². The Hall–Kier alpha value is -4.00. The molecule has 33 heavy (non-hydrogen) atoms. The number of nitrogens with zero attached hydrogens (tertiary/aromatic N) is 2. The smallest absolute Gasteiger partial charge is 0.277 e. The van der Waals surface area contributed by atoms with Gasteiger partial charge in [-0.3, -0.25) is 14.3 Å². The van der Waals surface area contributed by atoms with Crippen molar-refractivity contribution in [1.82, 2.24) is 9.58 Å². The number of para-hydroxylation sites is 1. The molecule has 0 bridgehead atoms. The van der Waals surface area contributed by atoms with Crippen LogP contribution in [-0.2, 0) is 6.42 Å². The number of ether oxygens (including phenoxy) is 1. The summed E-state index contributed by atoms with van der Waals surface area (Å²) in [5.74, 6) is 0.000262. The number of allylic oxidation sites excluding steroid dienone is 1. The third-order valence-corrected chi connectivity index (χ3v) is 5.51. The largest absolute Gasteiger partial charge is 0.502 e. The Morgan fingerprint density at radius 3 is 2.64 bits per heavy atom. The van der Waals surface area contributed by atoms with Crippen LogP contribution >= 0.6 is 0 Å². The topological polar surface area (TPSA) is 83.8 Å². The fraction of sp³-hybridized carbons (Fsp3) is 0.231. The van der Waals surface area contributed by atoms with E-state index >= 15 is 0 Å². The Bertz CT molecular complexity index is 1190. The molecule has 0 aliphatic carbocycles. The van der Waals surface area contributed by atoms with E-state index in [1.54, 1.807) is 4.90 Å². The van der Waals surface area contributed by atoms with E-state index in [0.29, 0.717) is 19.8 Å². The van der Waals surface area contributed by atoms with Crippen molar-refractivity contribution in [3.8, 4) is 11.5 Å². The van der Waals surface area contributed by atoms with E-state index in [2.05, 4.69) is 23.6 Å². The summed E-state index contributed by atoms with van der Waals surface area (Å²) in [6, 6.07) is 19.6. The van der Waals surface area contributed by atoms with Crippen LogP contribution in [0, 0.1) is 0 Å². The molecule has 170 valence electrons. The second kappa shape index (κ2) is 10.5. The zero-order chi connectivity index (χ0) is 23.0. The third-order valence-electron chi connectivity index (χ3n) is 5.51.